The highest BCUT2D eigenvalue weighted by Crippen LogP contribution is 2.17. The van der Waals surface area contributed by atoms with Crippen LogP contribution in [0.2, 0.25) is 0 Å². The minimum atomic E-state index is -3.14. The third-order valence-corrected chi connectivity index (χ3v) is 5.43. The van der Waals surface area contributed by atoms with Crippen molar-refractivity contribution in [2.45, 2.75) is 57.9 Å². The van der Waals surface area contributed by atoms with E-state index in [0.717, 1.165) is 30.5 Å². The summed E-state index contributed by atoms with van der Waals surface area (Å²) < 4.78 is 24.5. The second-order valence-electron chi connectivity index (χ2n) is 5.56. The van der Waals surface area contributed by atoms with Crippen LogP contribution in [0.5, 0.6) is 0 Å². The van der Waals surface area contributed by atoms with E-state index in [1.165, 1.54) is 0 Å². The molecule has 0 aromatic heterocycles. The molecule has 0 amide bonds. The summed E-state index contributed by atoms with van der Waals surface area (Å²) >= 11 is 0. The standard InChI is InChI=1S/C16H27NO2S/c1-5-10-17-15(4)7-6-11-20(18,19)16-9-8-13(2)14(3)12-16/h8-9,12,15,17H,5-7,10-11H2,1-4H3. The third kappa shape index (κ3) is 5.25. The maximum absolute atomic E-state index is 12.3. The van der Waals surface area contributed by atoms with Crippen molar-refractivity contribution in [2.24, 2.45) is 0 Å². The van der Waals surface area contributed by atoms with E-state index in [1.54, 1.807) is 12.1 Å². The van der Waals surface area contributed by atoms with Crippen LogP contribution in [0.1, 0.15) is 44.2 Å². The van der Waals surface area contributed by atoms with Crippen LogP contribution in [0.25, 0.3) is 0 Å². The average Bonchev–Trinajstić information content (AvgIpc) is 2.39. The third-order valence-electron chi connectivity index (χ3n) is 3.63. The van der Waals surface area contributed by atoms with Gasteiger partial charge in [0.1, 0.15) is 0 Å². The molecule has 20 heavy (non-hydrogen) atoms. The molecule has 0 bridgehead atoms. The lowest BCUT2D eigenvalue weighted by Crippen LogP contribution is -2.27. The summed E-state index contributed by atoms with van der Waals surface area (Å²) in [6, 6.07) is 5.76. The van der Waals surface area contributed by atoms with Crippen molar-refractivity contribution in [3.63, 3.8) is 0 Å². The van der Waals surface area contributed by atoms with E-state index in [2.05, 4.69) is 19.2 Å². The van der Waals surface area contributed by atoms with Crippen LogP contribution in [-0.2, 0) is 9.84 Å². The van der Waals surface area contributed by atoms with Gasteiger partial charge in [0.2, 0.25) is 0 Å². The van der Waals surface area contributed by atoms with Crippen molar-refractivity contribution >= 4 is 9.84 Å². The summed E-state index contributed by atoms with van der Waals surface area (Å²) in [6.45, 7) is 9.17. The van der Waals surface area contributed by atoms with Crippen molar-refractivity contribution in [2.75, 3.05) is 12.3 Å². The Hall–Kier alpha value is -0.870. The Morgan fingerprint density at radius 3 is 2.50 bits per heavy atom. The average molecular weight is 297 g/mol. The number of benzene rings is 1. The van der Waals surface area contributed by atoms with Gasteiger partial charge in [-0.2, -0.15) is 0 Å². The van der Waals surface area contributed by atoms with E-state index in [4.69, 9.17) is 0 Å². The molecule has 0 aliphatic carbocycles. The lowest BCUT2D eigenvalue weighted by molar-refractivity contribution is 0.506. The van der Waals surface area contributed by atoms with Gasteiger partial charge in [0.05, 0.1) is 10.6 Å². The fourth-order valence-corrected chi connectivity index (χ4v) is 3.51. The van der Waals surface area contributed by atoms with E-state index < -0.39 is 9.84 Å². The van der Waals surface area contributed by atoms with Crippen LogP contribution in [0, 0.1) is 13.8 Å². The fourth-order valence-electron chi connectivity index (χ4n) is 2.10. The Labute approximate surface area is 123 Å². The van der Waals surface area contributed by atoms with Crippen LogP contribution in [-0.4, -0.2) is 26.8 Å². The highest BCUT2D eigenvalue weighted by molar-refractivity contribution is 7.91. The molecule has 0 saturated carbocycles. The summed E-state index contributed by atoms with van der Waals surface area (Å²) in [7, 11) is -3.14. The number of rotatable bonds is 8. The van der Waals surface area contributed by atoms with Gasteiger partial charge in [-0.15, -0.1) is 0 Å². The van der Waals surface area contributed by atoms with Gasteiger partial charge in [-0.1, -0.05) is 13.0 Å². The molecule has 1 rings (SSSR count). The second-order valence-corrected chi connectivity index (χ2v) is 7.67. The monoisotopic (exact) mass is 297 g/mol. The van der Waals surface area contributed by atoms with Gasteiger partial charge in [0, 0.05) is 6.04 Å². The Balaban J connectivity index is 2.55. The Kier molecular flexibility index (Phi) is 6.69. The van der Waals surface area contributed by atoms with Gasteiger partial charge in [0.15, 0.2) is 9.84 Å². The van der Waals surface area contributed by atoms with Gasteiger partial charge in [-0.3, -0.25) is 0 Å². The smallest absolute Gasteiger partial charge is 0.178 e. The SMILES string of the molecule is CCCNC(C)CCCS(=O)(=O)c1ccc(C)c(C)c1. The highest BCUT2D eigenvalue weighted by Gasteiger charge is 2.15. The number of aryl methyl sites for hydroxylation is 2. The number of nitrogens with one attached hydrogen (secondary N) is 1. The van der Waals surface area contributed by atoms with E-state index in [-0.39, 0.29) is 5.75 Å². The number of hydrogen-bond donors (Lipinski definition) is 1. The maximum atomic E-state index is 12.3. The van der Waals surface area contributed by atoms with Crippen molar-refractivity contribution in [1.82, 2.24) is 5.32 Å². The predicted octanol–water partition coefficient (Wildman–Crippen LogP) is 3.25. The molecule has 1 N–H and O–H groups in total. The van der Waals surface area contributed by atoms with Gasteiger partial charge >= 0.3 is 0 Å². The molecule has 1 unspecified atom stereocenters. The van der Waals surface area contributed by atoms with Crippen molar-refractivity contribution < 1.29 is 8.42 Å². The topological polar surface area (TPSA) is 46.2 Å². The molecular weight excluding hydrogens is 270 g/mol. The fraction of sp³-hybridized carbons (Fsp3) is 0.625. The molecule has 3 nitrogen and oxygen atoms in total. The lowest BCUT2D eigenvalue weighted by atomic mass is 10.1. The Morgan fingerprint density at radius 2 is 1.90 bits per heavy atom. The molecule has 0 saturated heterocycles. The maximum Gasteiger partial charge on any atom is 0.178 e. The molecule has 1 aromatic rings. The van der Waals surface area contributed by atoms with Gasteiger partial charge in [0.25, 0.3) is 0 Å². The summed E-state index contributed by atoms with van der Waals surface area (Å²) in [5, 5.41) is 3.38. The Morgan fingerprint density at radius 1 is 1.20 bits per heavy atom. The van der Waals surface area contributed by atoms with Crippen molar-refractivity contribution in [3.8, 4) is 0 Å². The first-order chi connectivity index (χ1) is 9.36. The number of sulfone groups is 1. The predicted molar refractivity (Wildman–Crippen MR) is 85.0 cm³/mol. The molecule has 1 atom stereocenters. The first-order valence-electron chi connectivity index (χ1n) is 7.40. The van der Waals surface area contributed by atoms with Crippen molar-refractivity contribution in [1.29, 1.82) is 0 Å². The summed E-state index contributed by atoms with van der Waals surface area (Å²) in [5.74, 6) is 0.230. The molecule has 0 aliphatic rings. The molecule has 0 heterocycles. The molecule has 0 spiro atoms. The molecule has 4 heteroatoms. The van der Waals surface area contributed by atoms with Crippen LogP contribution in [0.4, 0.5) is 0 Å². The van der Waals surface area contributed by atoms with E-state index >= 15 is 0 Å². The molecule has 0 aliphatic heterocycles. The molecule has 1 aromatic carbocycles. The van der Waals surface area contributed by atoms with Crippen LogP contribution in [0.3, 0.4) is 0 Å². The Bertz CT molecular complexity index is 523. The largest absolute Gasteiger partial charge is 0.314 e. The van der Waals surface area contributed by atoms with Crippen molar-refractivity contribution in [3.05, 3.63) is 29.3 Å². The van der Waals surface area contributed by atoms with Gasteiger partial charge < -0.3 is 5.32 Å². The van der Waals surface area contributed by atoms with E-state index in [0.29, 0.717) is 17.4 Å². The second kappa shape index (κ2) is 7.79. The minimum absolute atomic E-state index is 0.230. The number of hydrogen-bond acceptors (Lipinski definition) is 3. The first kappa shape index (κ1) is 17.2. The normalized spacial score (nSPS) is 13.4. The zero-order valence-electron chi connectivity index (χ0n) is 13.1. The zero-order chi connectivity index (χ0) is 15.2. The first-order valence-corrected chi connectivity index (χ1v) is 9.05. The van der Waals surface area contributed by atoms with Crippen LogP contribution >= 0.6 is 0 Å². The van der Waals surface area contributed by atoms with Gasteiger partial charge in [-0.05, 0) is 69.8 Å². The summed E-state index contributed by atoms with van der Waals surface area (Å²) in [6.07, 6.45) is 2.70. The van der Waals surface area contributed by atoms with Crippen LogP contribution in [0.15, 0.2) is 23.1 Å². The minimum Gasteiger partial charge on any atom is -0.314 e. The van der Waals surface area contributed by atoms with Crippen LogP contribution < -0.4 is 5.32 Å². The molecule has 0 fully saturated rings. The van der Waals surface area contributed by atoms with E-state index in [1.807, 2.05) is 19.9 Å². The lowest BCUT2D eigenvalue weighted by Gasteiger charge is -2.13. The molecule has 0 radical (unpaired) electrons. The summed E-state index contributed by atoms with van der Waals surface area (Å²) in [5.41, 5.74) is 2.16. The summed E-state index contributed by atoms with van der Waals surface area (Å²) in [4.78, 5) is 0.453. The highest BCUT2D eigenvalue weighted by atomic mass is 32.2. The van der Waals surface area contributed by atoms with E-state index in [9.17, 15) is 8.42 Å². The molecule has 114 valence electrons. The van der Waals surface area contributed by atoms with Gasteiger partial charge in [-0.25, -0.2) is 8.42 Å². The molecular formula is C16H27NO2S. The quantitative estimate of drug-likeness (QED) is 0.801. The zero-order valence-corrected chi connectivity index (χ0v) is 13.9.